The maximum absolute atomic E-state index is 12.9. The summed E-state index contributed by atoms with van der Waals surface area (Å²) in [4.78, 5) is 29.1. The van der Waals surface area contributed by atoms with Gasteiger partial charge < -0.3 is 9.80 Å². The first kappa shape index (κ1) is 17.2. The van der Waals surface area contributed by atoms with Gasteiger partial charge in [0.1, 0.15) is 6.04 Å². The molecule has 1 atom stereocenters. The Kier molecular flexibility index (Phi) is 4.62. The van der Waals surface area contributed by atoms with E-state index in [1.54, 1.807) is 9.80 Å². The minimum absolute atomic E-state index is 0.0308. The average molecular weight is 336 g/mol. The largest absolute Gasteiger partial charge is 0.325 e. The Bertz CT molecular complexity index is 791. The highest BCUT2D eigenvalue weighted by Crippen LogP contribution is 2.24. The number of hydrogen-bond donors (Lipinski definition) is 0. The van der Waals surface area contributed by atoms with Crippen LogP contribution in [-0.2, 0) is 4.79 Å². The van der Waals surface area contributed by atoms with Gasteiger partial charge in [0.15, 0.2) is 0 Å². The molecule has 1 aliphatic heterocycles. The molecule has 0 aromatic heterocycles. The first-order valence-corrected chi connectivity index (χ1v) is 8.64. The quantitative estimate of drug-likeness (QED) is 0.842. The molecule has 4 nitrogen and oxygen atoms in total. The zero-order chi connectivity index (χ0) is 18.1. The normalized spacial score (nSPS) is 17.8. The first-order chi connectivity index (χ1) is 11.9. The van der Waals surface area contributed by atoms with E-state index in [4.69, 9.17) is 0 Å². The number of nitrogens with zero attached hydrogens (tertiary/aromatic N) is 2. The van der Waals surface area contributed by atoms with Crippen molar-refractivity contribution in [2.45, 2.75) is 33.7 Å². The zero-order valence-electron chi connectivity index (χ0n) is 15.2. The minimum atomic E-state index is -0.469. The molecule has 1 fully saturated rings. The van der Waals surface area contributed by atoms with E-state index in [9.17, 15) is 9.59 Å². The van der Waals surface area contributed by atoms with Crippen LogP contribution in [0.4, 0.5) is 5.69 Å². The molecular formula is C21H24N2O2. The van der Waals surface area contributed by atoms with Crippen molar-refractivity contribution in [3.8, 4) is 0 Å². The summed E-state index contributed by atoms with van der Waals surface area (Å²) in [7, 11) is 0. The van der Waals surface area contributed by atoms with Crippen molar-refractivity contribution in [3.05, 3.63) is 64.7 Å². The summed E-state index contributed by atoms with van der Waals surface area (Å²) in [6.45, 7) is 8.91. The molecule has 0 unspecified atom stereocenters. The number of carbonyl (C=O) groups excluding carboxylic acids is 2. The number of carbonyl (C=O) groups is 2. The molecule has 0 N–H and O–H groups in total. The van der Waals surface area contributed by atoms with Gasteiger partial charge in [-0.05, 0) is 63.1 Å². The summed E-state index contributed by atoms with van der Waals surface area (Å²) in [5.41, 5.74) is 4.92. The highest BCUT2D eigenvalue weighted by Gasteiger charge is 2.35. The van der Waals surface area contributed by atoms with Gasteiger partial charge in [-0.25, -0.2) is 0 Å². The van der Waals surface area contributed by atoms with Crippen molar-refractivity contribution in [2.75, 3.05) is 18.0 Å². The van der Waals surface area contributed by atoms with Crippen molar-refractivity contribution in [3.63, 3.8) is 0 Å². The van der Waals surface area contributed by atoms with E-state index in [1.807, 2.05) is 64.1 Å². The van der Waals surface area contributed by atoms with Gasteiger partial charge >= 0.3 is 0 Å². The molecule has 130 valence electrons. The molecule has 0 saturated carbocycles. The molecule has 2 amide bonds. The van der Waals surface area contributed by atoms with Crippen LogP contribution in [0, 0.1) is 20.8 Å². The fourth-order valence-corrected chi connectivity index (χ4v) is 3.37. The summed E-state index contributed by atoms with van der Waals surface area (Å²) < 4.78 is 0. The van der Waals surface area contributed by atoms with Crippen molar-refractivity contribution < 1.29 is 9.59 Å². The summed E-state index contributed by atoms with van der Waals surface area (Å²) in [6.07, 6.45) is 0. The Morgan fingerprint density at radius 2 is 1.52 bits per heavy atom. The number of benzene rings is 2. The average Bonchev–Trinajstić information content (AvgIpc) is 2.56. The third-order valence-corrected chi connectivity index (χ3v) is 4.73. The van der Waals surface area contributed by atoms with Gasteiger partial charge in [-0.3, -0.25) is 9.59 Å². The van der Waals surface area contributed by atoms with Crippen molar-refractivity contribution >= 4 is 17.5 Å². The predicted octanol–water partition coefficient (Wildman–Crippen LogP) is 3.49. The standard InChI is InChI=1S/C21H24N2O2/c1-14-5-7-18(8-6-14)21(25)22-9-10-23(20(24)17(22)4)19-12-15(2)11-16(3)13-19/h5-8,11-13,17H,9-10H2,1-4H3/t17-/m1/s1. The smallest absolute Gasteiger partial charge is 0.254 e. The van der Waals surface area contributed by atoms with Gasteiger partial charge in [0, 0.05) is 24.3 Å². The summed E-state index contributed by atoms with van der Waals surface area (Å²) in [5, 5.41) is 0. The number of piperazine rings is 1. The summed E-state index contributed by atoms with van der Waals surface area (Å²) >= 11 is 0. The first-order valence-electron chi connectivity index (χ1n) is 8.64. The second kappa shape index (κ2) is 6.71. The Balaban J connectivity index is 1.81. The van der Waals surface area contributed by atoms with Gasteiger partial charge in [-0.2, -0.15) is 0 Å². The van der Waals surface area contributed by atoms with Crippen molar-refractivity contribution in [2.24, 2.45) is 0 Å². The van der Waals surface area contributed by atoms with E-state index >= 15 is 0 Å². The van der Waals surface area contributed by atoms with E-state index in [0.29, 0.717) is 18.7 Å². The highest BCUT2D eigenvalue weighted by molar-refractivity contribution is 6.03. The van der Waals surface area contributed by atoms with Crippen LogP contribution in [0.25, 0.3) is 0 Å². The number of amides is 2. The maximum atomic E-state index is 12.9. The van der Waals surface area contributed by atoms with Crippen LogP contribution in [0.2, 0.25) is 0 Å². The lowest BCUT2D eigenvalue weighted by atomic mass is 10.1. The van der Waals surface area contributed by atoms with Gasteiger partial charge in [0.25, 0.3) is 5.91 Å². The van der Waals surface area contributed by atoms with E-state index in [0.717, 1.165) is 22.4 Å². The maximum Gasteiger partial charge on any atom is 0.254 e. The highest BCUT2D eigenvalue weighted by atomic mass is 16.2. The summed E-state index contributed by atoms with van der Waals surface area (Å²) in [5.74, 6) is -0.113. The summed E-state index contributed by atoms with van der Waals surface area (Å²) in [6, 6.07) is 13.2. The molecular weight excluding hydrogens is 312 g/mol. The SMILES string of the molecule is Cc1ccc(C(=O)N2CCN(c3cc(C)cc(C)c3)C(=O)[C@H]2C)cc1. The van der Waals surface area contributed by atoms with Crippen LogP contribution in [0.15, 0.2) is 42.5 Å². The van der Waals surface area contributed by atoms with Crippen LogP contribution in [0.3, 0.4) is 0 Å². The molecule has 2 aromatic rings. The van der Waals surface area contributed by atoms with Gasteiger partial charge in [0.2, 0.25) is 5.91 Å². The van der Waals surface area contributed by atoms with E-state index in [2.05, 4.69) is 6.07 Å². The third-order valence-electron chi connectivity index (χ3n) is 4.73. The Hall–Kier alpha value is -2.62. The number of hydrogen-bond acceptors (Lipinski definition) is 2. The topological polar surface area (TPSA) is 40.6 Å². The molecule has 0 bridgehead atoms. The monoisotopic (exact) mass is 336 g/mol. The van der Waals surface area contributed by atoms with Crippen molar-refractivity contribution in [1.82, 2.24) is 4.90 Å². The second-order valence-electron chi connectivity index (χ2n) is 6.88. The molecule has 25 heavy (non-hydrogen) atoms. The fourth-order valence-electron chi connectivity index (χ4n) is 3.37. The van der Waals surface area contributed by atoms with E-state index < -0.39 is 6.04 Å². The van der Waals surface area contributed by atoms with E-state index in [1.165, 1.54) is 0 Å². The van der Waals surface area contributed by atoms with E-state index in [-0.39, 0.29) is 11.8 Å². The second-order valence-corrected chi connectivity index (χ2v) is 6.88. The van der Waals surface area contributed by atoms with Gasteiger partial charge in [0.05, 0.1) is 0 Å². The van der Waals surface area contributed by atoms with Crippen LogP contribution in [-0.4, -0.2) is 35.8 Å². The van der Waals surface area contributed by atoms with Gasteiger partial charge in [-0.15, -0.1) is 0 Å². The molecule has 1 heterocycles. The Morgan fingerprint density at radius 3 is 2.12 bits per heavy atom. The fraction of sp³-hybridized carbons (Fsp3) is 0.333. The third kappa shape index (κ3) is 3.43. The number of aryl methyl sites for hydroxylation is 3. The minimum Gasteiger partial charge on any atom is -0.325 e. The predicted molar refractivity (Wildman–Crippen MR) is 99.9 cm³/mol. The molecule has 0 radical (unpaired) electrons. The van der Waals surface area contributed by atoms with Crippen LogP contribution in [0.5, 0.6) is 0 Å². The molecule has 4 heteroatoms. The van der Waals surface area contributed by atoms with Gasteiger partial charge in [-0.1, -0.05) is 23.8 Å². The Morgan fingerprint density at radius 1 is 0.920 bits per heavy atom. The van der Waals surface area contributed by atoms with Crippen LogP contribution in [0.1, 0.15) is 34.0 Å². The molecule has 0 aliphatic carbocycles. The molecule has 1 aliphatic rings. The molecule has 1 saturated heterocycles. The zero-order valence-corrected chi connectivity index (χ0v) is 15.2. The van der Waals surface area contributed by atoms with Crippen LogP contribution < -0.4 is 4.90 Å². The lowest BCUT2D eigenvalue weighted by molar-refractivity contribution is -0.124. The molecule has 3 rings (SSSR count). The van der Waals surface area contributed by atoms with Crippen LogP contribution >= 0.6 is 0 Å². The number of rotatable bonds is 2. The molecule has 0 spiro atoms. The lowest BCUT2D eigenvalue weighted by Gasteiger charge is -2.39. The Labute approximate surface area is 149 Å². The lowest BCUT2D eigenvalue weighted by Crippen LogP contribution is -2.57. The number of anilines is 1. The van der Waals surface area contributed by atoms with Crippen molar-refractivity contribution in [1.29, 1.82) is 0 Å². The molecule has 2 aromatic carbocycles.